The molecular formula is C54H34N4. The number of hydrogen-bond acceptors (Lipinski definition) is 2. The maximum Gasteiger partial charge on any atom is 0.160 e. The van der Waals surface area contributed by atoms with Crippen LogP contribution in [0.1, 0.15) is 0 Å². The Morgan fingerprint density at radius 3 is 1.47 bits per heavy atom. The standard InChI is InChI=1S/C54H34N4/c1-3-16-36(17-4-1)53-52-40-20-8-7-15-35(40)31-34-45(52)55-54(56-53)37-29-32-39(33-30-37)58-47-26-12-10-22-44(47)51-42(24-14-28-49(51)58)41-23-13-27-48-50(41)43-21-9-11-25-46(43)57(48)38-18-5-2-6-19-38/h1-34H. The zero-order chi connectivity index (χ0) is 38.2. The van der Waals surface area contributed by atoms with Crippen LogP contribution >= 0.6 is 0 Å². The molecule has 0 spiro atoms. The van der Waals surface area contributed by atoms with Crippen LogP contribution in [0, 0.1) is 0 Å². The molecule has 58 heavy (non-hydrogen) atoms. The largest absolute Gasteiger partial charge is 0.309 e. The summed E-state index contributed by atoms with van der Waals surface area (Å²) in [5, 5.41) is 8.37. The first-order valence-electron chi connectivity index (χ1n) is 19.8. The van der Waals surface area contributed by atoms with Crippen molar-refractivity contribution in [2.45, 2.75) is 0 Å². The quantitative estimate of drug-likeness (QED) is 0.165. The van der Waals surface area contributed by atoms with Crippen LogP contribution in [0.3, 0.4) is 0 Å². The van der Waals surface area contributed by atoms with Crippen LogP contribution in [0.25, 0.3) is 110 Å². The van der Waals surface area contributed by atoms with Gasteiger partial charge in [-0.25, -0.2) is 9.97 Å². The Labute approximate surface area is 334 Å². The van der Waals surface area contributed by atoms with Gasteiger partial charge < -0.3 is 9.13 Å². The van der Waals surface area contributed by atoms with Gasteiger partial charge in [0, 0.05) is 49.4 Å². The summed E-state index contributed by atoms with van der Waals surface area (Å²) in [5.41, 5.74) is 13.3. The Bertz CT molecular complexity index is 3540. The third-order valence-corrected chi connectivity index (χ3v) is 11.7. The fourth-order valence-electron chi connectivity index (χ4n) is 9.22. The molecule has 0 bridgehead atoms. The minimum Gasteiger partial charge on any atom is -0.309 e. The van der Waals surface area contributed by atoms with E-state index in [1.807, 2.05) is 6.07 Å². The molecule has 0 atom stereocenters. The van der Waals surface area contributed by atoms with E-state index in [0.29, 0.717) is 5.82 Å². The smallest absolute Gasteiger partial charge is 0.160 e. The first-order chi connectivity index (χ1) is 28.8. The second kappa shape index (κ2) is 12.9. The van der Waals surface area contributed by atoms with Crippen molar-refractivity contribution in [3.63, 3.8) is 0 Å². The van der Waals surface area contributed by atoms with Gasteiger partial charge in [0.1, 0.15) is 0 Å². The minimum absolute atomic E-state index is 0.709. The lowest BCUT2D eigenvalue weighted by Crippen LogP contribution is -1.97. The van der Waals surface area contributed by atoms with Gasteiger partial charge in [-0.2, -0.15) is 0 Å². The fraction of sp³-hybridized carbons (Fsp3) is 0. The van der Waals surface area contributed by atoms with Crippen LogP contribution in [-0.2, 0) is 0 Å². The van der Waals surface area contributed by atoms with Crippen LogP contribution in [0.5, 0.6) is 0 Å². The molecule has 0 saturated heterocycles. The average Bonchev–Trinajstić information content (AvgIpc) is 3.82. The molecule has 9 aromatic carbocycles. The van der Waals surface area contributed by atoms with Gasteiger partial charge in [-0.15, -0.1) is 0 Å². The van der Waals surface area contributed by atoms with Crippen molar-refractivity contribution in [3.05, 3.63) is 206 Å². The van der Waals surface area contributed by atoms with E-state index in [9.17, 15) is 0 Å². The summed E-state index contributed by atoms with van der Waals surface area (Å²) < 4.78 is 4.79. The van der Waals surface area contributed by atoms with Crippen molar-refractivity contribution in [3.8, 4) is 45.1 Å². The summed E-state index contributed by atoms with van der Waals surface area (Å²) in [6.07, 6.45) is 0. The SMILES string of the molecule is c1ccc(-c2nc(-c3ccc(-n4c5ccccc5c5c(-c6cccc7c6c6ccccc6n7-c6ccccc6)cccc54)cc3)nc3ccc4ccccc4c23)cc1. The molecule has 3 aromatic heterocycles. The van der Waals surface area contributed by atoms with Crippen LogP contribution in [0.4, 0.5) is 0 Å². The van der Waals surface area contributed by atoms with E-state index in [-0.39, 0.29) is 0 Å². The molecule has 4 nitrogen and oxygen atoms in total. The monoisotopic (exact) mass is 738 g/mol. The van der Waals surface area contributed by atoms with Gasteiger partial charge in [0.05, 0.1) is 33.3 Å². The third kappa shape index (κ3) is 4.88. The van der Waals surface area contributed by atoms with E-state index in [4.69, 9.17) is 9.97 Å². The third-order valence-electron chi connectivity index (χ3n) is 11.7. The highest BCUT2D eigenvalue weighted by molar-refractivity contribution is 6.22. The fourth-order valence-corrected chi connectivity index (χ4v) is 9.22. The number of para-hydroxylation sites is 3. The maximum atomic E-state index is 5.28. The summed E-state index contributed by atoms with van der Waals surface area (Å²) in [7, 11) is 0. The van der Waals surface area contributed by atoms with Gasteiger partial charge in [-0.3, -0.25) is 0 Å². The van der Waals surface area contributed by atoms with Crippen molar-refractivity contribution in [2.24, 2.45) is 0 Å². The predicted octanol–water partition coefficient (Wildman–Crippen LogP) is 14.0. The number of rotatable bonds is 5. The van der Waals surface area contributed by atoms with Crippen molar-refractivity contribution < 1.29 is 0 Å². The van der Waals surface area contributed by atoms with Crippen molar-refractivity contribution >= 4 is 65.3 Å². The predicted molar refractivity (Wildman–Crippen MR) is 242 cm³/mol. The van der Waals surface area contributed by atoms with E-state index in [1.165, 1.54) is 49.1 Å². The Hall–Kier alpha value is -7.82. The maximum absolute atomic E-state index is 5.28. The first kappa shape index (κ1) is 32.4. The average molecular weight is 739 g/mol. The number of fused-ring (bicyclic) bond motifs is 9. The topological polar surface area (TPSA) is 35.6 Å². The summed E-state index contributed by atoms with van der Waals surface area (Å²) in [5.74, 6) is 0.709. The molecular weight excluding hydrogens is 705 g/mol. The molecule has 3 heterocycles. The van der Waals surface area contributed by atoms with E-state index < -0.39 is 0 Å². The number of hydrogen-bond donors (Lipinski definition) is 0. The number of benzene rings is 9. The Morgan fingerprint density at radius 2 is 0.828 bits per heavy atom. The van der Waals surface area contributed by atoms with Crippen LogP contribution in [0.15, 0.2) is 206 Å². The lowest BCUT2D eigenvalue weighted by atomic mass is 9.95. The van der Waals surface area contributed by atoms with E-state index in [1.54, 1.807) is 0 Å². The van der Waals surface area contributed by atoms with Crippen molar-refractivity contribution in [1.82, 2.24) is 19.1 Å². The zero-order valence-corrected chi connectivity index (χ0v) is 31.4. The molecule has 0 aliphatic heterocycles. The summed E-state index contributed by atoms with van der Waals surface area (Å²) >= 11 is 0. The van der Waals surface area contributed by atoms with Crippen LogP contribution < -0.4 is 0 Å². The summed E-state index contributed by atoms with van der Waals surface area (Å²) in [4.78, 5) is 10.4. The van der Waals surface area contributed by atoms with E-state index in [0.717, 1.165) is 55.5 Å². The molecule has 0 aliphatic carbocycles. The Kier molecular flexibility index (Phi) is 7.20. The molecule has 0 radical (unpaired) electrons. The minimum atomic E-state index is 0.709. The van der Waals surface area contributed by atoms with Gasteiger partial charge >= 0.3 is 0 Å². The molecule has 270 valence electrons. The lowest BCUT2D eigenvalue weighted by Gasteiger charge is -2.13. The van der Waals surface area contributed by atoms with Crippen LogP contribution in [-0.4, -0.2) is 19.1 Å². The van der Waals surface area contributed by atoms with Crippen molar-refractivity contribution in [1.29, 1.82) is 0 Å². The molecule has 0 unspecified atom stereocenters. The van der Waals surface area contributed by atoms with Crippen LogP contribution in [0.2, 0.25) is 0 Å². The molecule has 0 N–H and O–H groups in total. The molecule has 0 saturated carbocycles. The molecule has 12 aromatic rings. The van der Waals surface area contributed by atoms with Gasteiger partial charge in [0.2, 0.25) is 0 Å². The van der Waals surface area contributed by atoms with Gasteiger partial charge in [-0.05, 0) is 88.6 Å². The molecule has 12 rings (SSSR count). The number of nitrogens with zero attached hydrogens (tertiary/aromatic N) is 4. The Balaban J connectivity index is 1.04. The van der Waals surface area contributed by atoms with Crippen molar-refractivity contribution in [2.75, 3.05) is 0 Å². The zero-order valence-electron chi connectivity index (χ0n) is 31.4. The summed E-state index contributed by atoms with van der Waals surface area (Å²) in [6, 6.07) is 73.7. The van der Waals surface area contributed by atoms with E-state index in [2.05, 4.69) is 209 Å². The van der Waals surface area contributed by atoms with Gasteiger partial charge in [0.25, 0.3) is 0 Å². The normalized spacial score (nSPS) is 11.8. The molecule has 0 amide bonds. The molecule has 4 heteroatoms. The number of aromatic nitrogens is 4. The highest BCUT2D eigenvalue weighted by Gasteiger charge is 2.21. The van der Waals surface area contributed by atoms with Gasteiger partial charge in [-0.1, -0.05) is 140 Å². The summed E-state index contributed by atoms with van der Waals surface area (Å²) in [6.45, 7) is 0. The second-order valence-corrected chi connectivity index (χ2v) is 14.9. The van der Waals surface area contributed by atoms with E-state index >= 15 is 0 Å². The highest BCUT2D eigenvalue weighted by Crippen LogP contribution is 2.44. The molecule has 0 fully saturated rings. The Morgan fingerprint density at radius 1 is 0.310 bits per heavy atom. The highest BCUT2D eigenvalue weighted by atomic mass is 15.0. The lowest BCUT2D eigenvalue weighted by molar-refractivity contribution is 1.17. The second-order valence-electron chi connectivity index (χ2n) is 14.9. The first-order valence-corrected chi connectivity index (χ1v) is 19.8. The van der Waals surface area contributed by atoms with Gasteiger partial charge in [0.15, 0.2) is 5.82 Å². The molecule has 0 aliphatic rings.